The third-order valence-electron chi connectivity index (χ3n) is 4.38. The van der Waals surface area contributed by atoms with Crippen molar-refractivity contribution in [3.8, 4) is 5.75 Å². The zero-order valence-corrected chi connectivity index (χ0v) is 14.5. The van der Waals surface area contributed by atoms with Gasteiger partial charge >= 0.3 is 5.69 Å². The third-order valence-corrected chi connectivity index (χ3v) is 4.38. The highest BCUT2D eigenvalue weighted by atomic mass is 16.6. The van der Waals surface area contributed by atoms with Gasteiger partial charge < -0.3 is 15.4 Å². The molecule has 0 bridgehead atoms. The van der Waals surface area contributed by atoms with E-state index in [1.54, 1.807) is 12.1 Å². The van der Waals surface area contributed by atoms with E-state index in [0.29, 0.717) is 12.6 Å². The first-order chi connectivity index (χ1) is 12.2. The number of benzene rings is 1. The van der Waals surface area contributed by atoms with Crippen LogP contribution in [0.1, 0.15) is 44.9 Å². The normalized spacial score (nSPS) is 15.4. The Morgan fingerprint density at radius 1 is 1.16 bits per heavy atom. The lowest BCUT2D eigenvalue weighted by Gasteiger charge is -2.16. The second-order valence-corrected chi connectivity index (χ2v) is 6.32. The van der Waals surface area contributed by atoms with Gasteiger partial charge in [0, 0.05) is 25.2 Å². The molecule has 1 amide bonds. The van der Waals surface area contributed by atoms with Gasteiger partial charge in [-0.25, -0.2) is 0 Å². The zero-order valence-electron chi connectivity index (χ0n) is 14.5. The van der Waals surface area contributed by atoms with E-state index in [1.807, 2.05) is 0 Å². The average Bonchev–Trinajstić information content (AvgIpc) is 2.88. The Balaban J connectivity index is 1.59. The Hall–Kier alpha value is -2.15. The molecule has 1 saturated carbocycles. The van der Waals surface area contributed by atoms with Crippen molar-refractivity contribution in [3.63, 3.8) is 0 Å². The van der Waals surface area contributed by atoms with Gasteiger partial charge in [-0.1, -0.05) is 37.8 Å². The smallest absolute Gasteiger partial charge is 0.310 e. The number of carbonyl (C=O) groups excluding carboxylic acids is 1. The molecule has 0 atom stereocenters. The summed E-state index contributed by atoms with van der Waals surface area (Å²) in [5.41, 5.74) is -0.0875. The van der Waals surface area contributed by atoms with Crippen molar-refractivity contribution in [2.24, 2.45) is 0 Å². The minimum Gasteiger partial charge on any atom is -0.486 e. The van der Waals surface area contributed by atoms with Crippen LogP contribution >= 0.6 is 0 Å². The number of ether oxygens (including phenoxy) is 1. The Morgan fingerprint density at radius 3 is 2.60 bits per heavy atom. The maximum atomic E-state index is 11.8. The van der Waals surface area contributed by atoms with Crippen LogP contribution in [0.2, 0.25) is 0 Å². The largest absolute Gasteiger partial charge is 0.486 e. The number of nitro benzene ring substituents is 1. The molecule has 1 fully saturated rings. The van der Waals surface area contributed by atoms with Gasteiger partial charge in [-0.3, -0.25) is 14.9 Å². The molecule has 0 heterocycles. The number of hydrogen-bond donors (Lipinski definition) is 2. The monoisotopic (exact) mass is 349 g/mol. The van der Waals surface area contributed by atoms with Gasteiger partial charge in [0.15, 0.2) is 5.75 Å². The fraction of sp³-hybridized carbons (Fsp3) is 0.611. The van der Waals surface area contributed by atoms with E-state index in [1.165, 1.54) is 50.7 Å². The van der Waals surface area contributed by atoms with E-state index in [0.717, 1.165) is 6.54 Å². The highest BCUT2D eigenvalue weighted by molar-refractivity contribution is 5.76. The van der Waals surface area contributed by atoms with E-state index in [4.69, 9.17) is 4.74 Å². The summed E-state index contributed by atoms with van der Waals surface area (Å²) in [5.74, 6) is 0.0802. The molecular weight excluding hydrogens is 322 g/mol. The number of hydrogen-bond acceptors (Lipinski definition) is 5. The first-order valence-corrected chi connectivity index (χ1v) is 9.03. The maximum Gasteiger partial charge on any atom is 0.310 e. The molecule has 0 radical (unpaired) electrons. The molecular formula is C18H27N3O4. The fourth-order valence-electron chi connectivity index (χ4n) is 3.03. The van der Waals surface area contributed by atoms with Crippen LogP contribution in [-0.4, -0.2) is 36.6 Å². The zero-order chi connectivity index (χ0) is 17.9. The topological polar surface area (TPSA) is 93.5 Å². The van der Waals surface area contributed by atoms with Crippen molar-refractivity contribution < 1.29 is 14.5 Å². The van der Waals surface area contributed by atoms with Crippen molar-refractivity contribution in [1.82, 2.24) is 10.6 Å². The van der Waals surface area contributed by atoms with Gasteiger partial charge in [0.25, 0.3) is 0 Å². The van der Waals surface area contributed by atoms with Crippen LogP contribution in [-0.2, 0) is 4.79 Å². The molecule has 0 unspecified atom stereocenters. The van der Waals surface area contributed by atoms with Crippen molar-refractivity contribution in [3.05, 3.63) is 34.4 Å². The Labute approximate surface area is 148 Å². The summed E-state index contributed by atoms with van der Waals surface area (Å²) < 4.78 is 5.37. The van der Waals surface area contributed by atoms with Crippen LogP contribution in [0.4, 0.5) is 5.69 Å². The predicted octanol–water partition coefficient (Wildman–Crippen LogP) is 2.79. The van der Waals surface area contributed by atoms with Crippen LogP contribution in [0.15, 0.2) is 24.3 Å². The summed E-state index contributed by atoms with van der Waals surface area (Å²) in [4.78, 5) is 22.2. The molecule has 138 valence electrons. The lowest BCUT2D eigenvalue weighted by atomic mass is 10.1. The molecule has 7 heteroatoms. The Bertz CT molecular complexity index is 557. The molecule has 0 saturated heterocycles. The molecule has 0 aromatic heterocycles. The van der Waals surface area contributed by atoms with Gasteiger partial charge in [0.1, 0.15) is 0 Å². The first-order valence-electron chi connectivity index (χ1n) is 9.03. The molecule has 25 heavy (non-hydrogen) atoms. The van der Waals surface area contributed by atoms with Crippen LogP contribution in [0.5, 0.6) is 5.75 Å². The van der Waals surface area contributed by atoms with E-state index in [9.17, 15) is 14.9 Å². The molecule has 1 aromatic rings. The summed E-state index contributed by atoms with van der Waals surface area (Å²) in [6.07, 6.45) is 7.84. The molecule has 1 aliphatic rings. The maximum absolute atomic E-state index is 11.8. The number of amides is 1. The van der Waals surface area contributed by atoms with E-state index in [-0.39, 0.29) is 30.4 Å². The number of carbonyl (C=O) groups is 1. The number of nitrogens with zero attached hydrogens (tertiary/aromatic N) is 1. The summed E-state index contributed by atoms with van der Waals surface area (Å²) in [6.45, 7) is 1.47. The molecule has 1 aromatic carbocycles. The summed E-state index contributed by atoms with van der Waals surface area (Å²) >= 11 is 0. The number of nitrogens with one attached hydrogen (secondary N) is 2. The molecule has 0 aliphatic heterocycles. The van der Waals surface area contributed by atoms with Gasteiger partial charge in [0.05, 0.1) is 18.0 Å². The number of rotatable bonds is 9. The van der Waals surface area contributed by atoms with Crippen LogP contribution in [0.3, 0.4) is 0 Å². The predicted molar refractivity (Wildman–Crippen MR) is 95.7 cm³/mol. The molecule has 0 spiro atoms. The highest BCUT2D eigenvalue weighted by Gasteiger charge is 2.14. The molecule has 2 rings (SSSR count). The molecule has 7 nitrogen and oxygen atoms in total. The number of para-hydroxylation sites is 2. The lowest BCUT2D eigenvalue weighted by molar-refractivity contribution is -0.385. The third kappa shape index (κ3) is 7.09. The average molecular weight is 349 g/mol. The fourth-order valence-corrected chi connectivity index (χ4v) is 3.03. The molecule has 2 N–H and O–H groups in total. The van der Waals surface area contributed by atoms with Crippen LogP contribution < -0.4 is 15.4 Å². The summed E-state index contributed by atoms with van der Waals surface area (Å²) in [5, 5.41) is 17.2. The van der Waals surface area contributed by atoms with Crippen LogP contribution in [0.25, 0.3) is 0 Å². The summed E-state index contributed by atoms with van der Waals surface area (Å²) in [7, 11) is 0. The SMILES string of the molecule is O=C(CCOc1ccccc1[N+](=O)[O-])NCCNC1CCCCCC1. The van der Waals surface area contributed by atoms with E-state index >= 15 is 0 Å². The Morgan fingerprint density at radius 2 is 1.88 bits per heavy atom. The van der Waals surface area contributed by atoms with Crippen LogP contribution in [0, 0.1) is 10.1 Å². The molecule has 1 aliphatic carbocycles. The Kier molecular flexibility index (Phi) is 8.18. The van der Waals surface area contributed by atoms with Gasteiger partial charge in [-0.05, 0) is 18.9 Å². The second kappa shape index (κ2) is 10.7. The minimum absolute atomic E-state index is 0.0875. The van der Waals surface area contributed by atoms with Crippen molar-refractivity contribution in [2.75, 3.05) is 19.7 Å². The first kappa shape index (κ1) is 19.2. The van der Waals surface area contributed by atoms with Crippen molar-refractivity contribution in [2.45, 2.75) is 51.0 Å². The van der Waals surface area contributed by atoms with Crippen molar-refractivity contribution >= 4 is 11.6 Å². The van der Waals surface area contributed by atoms with Gasteiger partial charge in [0.2, 0.25) is 5.91 Å². The van der Waals surface area contributed by atoms with E-state index < -0.39 is 4.92 Å². The standard InChI is InChI=1S/C18H27N3O4/c22-18(20-13-12-19-15-7-3-1-2-4-8-15)11-14-25-17-10-6-5-9-16(17)21(23)24/h5-6,9-10,15,19H,1-4,7-8,11-14H2,(H,20,22). The van der Waals surface area contributed by atoms with Gasteiger partial charge in [-0.2, -0.15) is 0 Å². The van der Waals surface area contributed by atoms with E-state index in [2.05, 4.69) is 10.6 Å². The quantitative estimate of drug-likeness (QED) is 0.309. The highest BCUT2D eigenvalue weighted by Crippen LogP contribution is 2.25. The number of nitro groups is 1. The van der Waals surface area contributed by atoms with Crippen molar-refractivity contribution in [1.29, 1.82) is 0 Å². The minimum atomic E-state index is -0.491. The lowest BCUT2D eigenvalue weighted by Crippen LogP contribution is -2.37. The van der Waals surface area contributed by atoms with Gasteiger partial charge in [-0.15, -0.1) is 0 Å². The second-order valence-electron chi connectivity index (χ2n) is 6.32. The summed E-state index contributed by atoms with van der Waals surface area (Å²) in [6, 6.07) is 6.74.